The fourth-order valence-corrected chi connectivity index (χ4v) is 1.88. The van der Waals surface area contributed by atoms with Crippen molar-refractivity contribution in [3.05, 3.63) is 28.8 Å². The van der Waals surface area contributed by atoms with Gasteiger partial charge in [0.25, 0.3) is 0 Å². The van der Waals surface area contributed by atoms with Gasteiger partial charge in [-0.25, -0.2) is 0 Å². The summed E-state index contributed by atoms with van der Waals surface area (Å²) in [5.41, 5.74) is 2.38. The smallest absolute Gasteiger partial charge is 0.0455 e. The second kappa shape index (κ2) is 5.59. The molecule has 1 aliphatic heterocycles. The number of anilines is 1. The van der Waals surface area contributed by atoms with Crippen molar-refractivity contribution in [3.63, 3.8) is 0 Å². The van der Waals surface area contributed by atoms with Gasteiger partial charge in [-0.2, -0.15) is 0 Å². The van der Waals surface area contributed by atoms with E-state index in [1.807, 2.05) is 6.92 Å². The molecule has 0 saturated carbocycles. The van der Waals surface area contributed by atoms with Gasteiger partial charge in [-0.15, -0.1) is 12.4 Å². The number of hydrogen-bond donors (Lipinski definition) is 1. The molecule has 1 aromatic carbocycles. The van der Waals surface area contributed by atoms with E-state index < -0.39 is 0 Å². The summed E-state index contributed by atoms with van der Waals surface area (Å²) in [4.78, 5) is 2.36. The number of piperazine rings is 1. The van der Waals surface area contributed by atoms with Gasteiger partial charge in [0.15, 0.2) is 0 Å². The molecule has 84 valence electrons. The molecular weight excluding hydrogens is 231 g/mol. The van der Waals surface area contributed by atoms with E-state index in [0.717, 1.165) is 36.8 Å². The van der Waals surface area contributed by atoms with E-state index in [-0.39, 0.29) is 12.4 Å². The first-order chi connectivity index (χ1) is 6.77. The van der Waals surface area contributed by atoms with Gasteiger partial charge in [0.05, 0.1) is 0 Å². The normalized spacial score (nSPS) is 16.0. The van der Waals surface area contributed by atoms with Gasteiger partial charge >= 0.3 is 0 Å². The zero-order valence-electron chi connectivity index (χ0n) is 8.79. The standard InChI is InChI=1S/C11H15ClN2.ClH/c1-9-2-3-10(8-11(9)12)14-6-4-13-5-7-14;/h2-3,8,13H,4-7H2,1H3;1H. The molecule has 0 atom stereocenters. The predicted octanol–water partition coefficient (Wildman–Crippen LogP) is 2.48. The number of benzene rings is 1. The first kappa shape index (κ1) is 12.6. The van der Waals surface area contributed by atoms with Crippen LogP contribution in [-0.2, 0) is 0 Å². The molecule has 1 N–H and O–H groups in total. The third kappa shape index (κ3) is 3.00. The van der Waals surface area contributed by atoms with Crippen LogP contribution in [0.3, 0.4) is 0 Å². The van der Waals surface area contributed by atoms with Gasteiger partial charge in [0, 0.05) is 36.9 Å². The first-order valence-corrected chi connectivity index (χ1v) is 5.37. The minimum Gasteiger partial charge on any atom is -0.369 e. The van der Waals surface area contributed by atoms with Crippen molar-refractivity contribution in [2.75, 3.05) is 31.1 Å². The quantitative estimate of drug-likeness (QED) is 0.820. The molecule has 15 heavy (non-hydrogen) atoms. The summed E-state index contributed by atoms with van der Waals surface area (Å²) >= 11 is 6.09. The van der Waals surface area contributed by atoms with Crippen molar-refractivity contribution in [3.8, 4) is 0 Å². The third-order valence-electron chi connectivity index (χ3n) is 2.64. The summed E-state index contributed by atoms with van der Waals surface area (Å²) < 4.78 is 0. The highest BCUT2D eigenvalue weighted by Gasteiger charge is 2.10. The average Bonchev–Trinajstić information content (AvgIpc) is 2.23. The highest BCUT2D eigenvalue weighted by molar-refractivity contribution is 6.31. The van der Waals surface area contributed by atoms with E-state index >= 15 is 0 Å². The Morgan fingerprint density at radius 2 is 1.93 bits per heavy atom. The van der Waals surface area contributed by atoms with Crippen LogP contribution < -0.4 is 10.2 Å². The van der Waals surface area contributed by atoms with Gasteiger partial charge in [-0.1, -0.05) is 17.7 Å². The van der Waals surface area contributed by atoms with Crippen molar-refractivity contribution in [1.29, 1.82) is 0 Å². The summed E-state index contributed by atoms with van der Waals surface area (Å²) in [5, 5.41) is 4.20. The van der Waals surface area contributed by atoms with Crippen molar-refractivity contribution in [1.82, 2.24) is 5.32 Å². The van der Waals surface area contributed by atoms with Crippen molar-refractivity contribution in [2.45, 2.75) is 6.92 Å². The molecule has 0 aromatic heterocycles. The van der Waals surface area contributed by atoms with Gasteiger partial charge in [0.2, 0.25) is 0 Å². The molecule has 0 amide bonds. The van der Waals surface area contributed by atoms with Crippen LogP contribution in [0.2, 0.25) is 5.02 Å². The fraction of sp³-hybridized carbons (Fsp3) is 0.455. The van der Waals surface area contributed by atoms with Crippen LogP contribution >= 0.6 is 24.0 Å². The zero-order valence-corrected chi connectivity index (χ0v) is 10.4. The first-order valence-electron chi connectivity index (χ1n) is 4.99. The molecule has 1 aliphatic rings. The van der Waals surface area contributed by atoms with Gasteiger partial charge in [-0.3, -0.25) is 0 Å². The van der Waals surface area contributed by atoms with E-state index in [1.54, 1.807) is 0 Å². The Labute approximate surface area is 102 Å². The number of nitrogens with zero attached hydrogens (tertiary/aromatic N) is 1. The topological polar surface area (TPSA) is 15.3 Å². The molecular formula is C11H16Cl2N2. The number of hydrogen-bond acceptors (Lipinski definition) is 2. The minimum atomic E-state index is 0. The summed E-state index contributed by atoms with van der Waals surface area (Å²) in [6.45, 7) is 6.29. The number of rotatable bonds is 1. The maximum absolute atomic E-state index is 6.09. The SMILES string of the molecule is Cc1ccc(N2CCNCC2)cc1Cl.Cl. The molecule has 4 heteroatoms. The van der Waals surface area contributed by atoms with Gasteiger partial charge in [-0.05, 0) is 24.6 Å². The minimum absolute atomic E-state index is 0. The highest BCUT2D eigenvalue weighted by atomic mass is 35.5. The second-order valence-electron chi connectivity index (χ2n) is 3.67. The molecule has 0 unspecified atom stereocenters. The Morgan fingerprint density at radius 3 is 2.53 bits per heavy atom. The van der Waals surface area contributed by atoms with Crippen LogP contribution in [-0.4, -0.2) is 26.2 Å². The van der Waals surface area contributed by atoms with E-state index in [0.29, 0.717) is 0 Å². The molecule has 1 heterocycles. The lowest BCUT2D eigenvalue weighted by Gasteiger charge is -2.29. The second-order valence-corrected chi connectivity index (χ2v) is 4.08. The molecule has 0 aliphatic carbocycles. The Morgan fingerprint density at radius 1 is 1.27 bits per heavy atom. The molecule has 1 fully saturated rings. The van der Waals surface area contributed by atoms with Crippen LogP contribution in [0.25, 0.3) is 0 Å². The predicted molar refractivity (Wildman–Crippen MR) is 68.5 cm³/mol. The average molecular weight is 247 g/mol. The van der Waals surface area contributed by atoms with Crippen molar-refractivity contribution in [2.24, 2.45) is 0 Å². The van der Waals surface area contributed by atoms with Gasteiger partial charge < -0.3 is 10.2 Å². The Kier molecular flexibility index (Phi) is 4.71. The maximum Gasteiger partial charge on any atom is 0.0455 e. The maximum atomic E-state index is 6.09. The van der Waals surface area contributed by atoms with Crippen molar-refractivity contribution >= 4 is 29.7 Å². The molecule has 1 aromatic rings. The lowest BCUT2D eigenvalue weighted by atomic mass is 10.2. The molecule has 2 rings (SSSR count). The third-order valence-corrected chi connectivity index (χ3v) is 3.04. The van der Waals surface area contributed by atoms with Crippen LogP contribution in [0.4, 0.5) is 5.69 Å². The Bertz CT molecular complexity index is 322. The van der Waals surface area contributed by atoms with Crippen LogP contribution in [0.5, 0.6) is 0 Å². The molecule has 0 radical (unpaired) electrons. The molecule has 0 bridgehead atoms. The van der Waals surface area contributed by atoms with E-state index in [1.165, 1.54) is 5.69 Å². The Balaban J connectivity index is 0.00000112. The van der Waals surface area contributed by atoms with E-state index in [4.69, 9.17) is 11.6 Å². The van der Waals surface area contributed by atoms with E-state index in [2.05, 4.69) is 28.4 Å². The summed E-state index contributed by atoms with van der Waals surface area (Å²) in [7, 11) is 0. The van der Waals surface area contributed by atoms with Crippen LogP contribution in [0.1, 0.15) is 5.56 Å². The van der Waals surface area contributed by atoms with Gasteiger partial charge in [0.1, 0.15) is 0 Å². The summed E-state index contributed by atoms with van der Waals surface area (Å²) in [5.74, 6) is 0. The monoisotopic (exact) mass is 246 g/mol. The van der Waals surface area contributed by atoms with Crippen LogP contribution in [0, 0.1) is 6.92 Å². The van der Waals surface area contributed by atoms with E-state index in [9.17, 15) is 0 Å². The largest absolute Gasteiger partial charge is 0.369 e. The Hall–Kier alpha value is -0.440. The zero-order chi connectivity index (χ0) is 9.97. The summed E-state index contributed by atoms with van der Waals surface area (Å²) in [6, 6.07) is 6.29. The fourth-order valence-electron chi connectivity index (χ4n) is 1.70. The molecule has 1 saturated heterocycles. The molecule has 2 nitrogen and oxygen atoms in total. The van der Waals surface area contributed by atoms with Crippen LogP contribution in [0.15, 0.2) is 18.2 Å². The highest BCUT2D eigenvalue weighted by Crippen LogP contribution is 2.23. The molecule has 0 spiro atoms. The lowest BCUT2D eigenvalue weighted by molar-refractivity contribution is 0.589. The van der Waals surface area contributed by atoms with Crippen molar-refractivity contribution < 1.29 is 0 Å². The number of aryl methyl sites for hydroxylation is 1. The number of nitrogens with one attached hydrogen (secondary N) is 1. The number of halogens is 2. The summed E-state index contributed by atoms with van der Waals surface area (Å²) in [6.07, 6.45) is 0. The lowest BCUT2D eigenvalue weighted by Crippen LogP contribution is -2.43.